The summed E-state index contributed by atoms with van der Waals surface area (Å²) in [5.74, 6) is -0.578. The second-order valence-corrected chi connectivity index (χ2v) is 6.31. The van der Waals surface area contributed by atoms with E-state index in [4.69, 9.17) is 5.11 Å². The van der Waals surface area contributed by atoms with Gasteiger partial charge in [0, 0.05) is 4.90 Å². The zero-order valence-corrected chi connectivity index (χ0v) is 12.6. The molecule has 0 spiro atoms. The Hall–Kier alpha value is -1.40. The number of aryl methyl sites for hydroxylation is 1. The minimum absolute atomic E-state index is 0.262. The first-order valence-electron chi connectivity index (χ1n) is 6.20. The third kappa shape index (κ3) is 3.80. The van der Waals surface area contributed by atoms with E-state index in [1.54, 1.807) is 12.1 Å². The van der Waals surface area contributed by atoms with Gasteiger partial charge in [-0.25, -0.2) is 14.2 Å². The fourth-order valence-corrected chi connectivity index (χ4v) is 3.55. The van der Waals surface area contributed by atoms with Crippen molar-refractivity contribution in [3.8, 4) is 0 Å². The van der Waals surface area contributed by atoms with E-state index in [2.05, 4.69) is 4.98 Å². The normalized spacial score (nSPS) is 10.7. The number of rotatable bonds is 6. The summed E-state index contributed by atoms with van der Waals surface area (Å²) in [6.45, 7) is 2.00. The molecule has 6 heteroatoms. The van der Waals surface area contributed by atoms with Gasteiger partial charge in [0.05, 0.1) is 11.4 Å². The molecule has 0 saturated carbocycles. The minimum atomic E-state index is -0.913. The summed E-state index contributed by atoms with van der Waals surface area (Å²) in [5.41, 5.74) is 0.666. The number of carbonyl (C=O) groups is 1. The quantitative estimate of drug-likeness (QED) is 0.811. The highest BCUT2D eigenvalue weighted by Gasteiger charge is 2.16. The van der Waals surface area contributed by atoms with Gasteiger partial charge in [0.2, 0.25) is 0 Å². The second-order valence-electron chi connectivity index (χ2n) is 4.18. The zero-order chi connectivity index (χ0) is 14.5. The van der Waals surface area contributed by atoms with Gasteiger partial charge in [0.1, 0.15) is 15.7 Å². The third-order valence-electron chi connectivity index (χ3n) is 2.60. The van der Waals surface area contributed by atoms with Gasteiger partial charge in [0.25, 0.3) is 0 Å². The molecule has 1 heterocycles. The Kier molecular flexibility index (Phi) is 5.14. The van der Waals surface area contributed by atoms with E-state index < -0.39 is 5.97 Å². The van der Waals surface area contributed by atoms with Crippen LogP contribution in [0.5, 0.6) is 0 Å². The van der Waals surface area contributed by atoms with Crippen LogP contribution in [0.4, 0.5) is 4.39 Å². The predicted octanol–water partition coefficient (Wildman–Crippen LogP) is 4.23. The van der Waals surface area contributed by atoms with Crippen molar-refractivity contribution in [3.63, 3.8) is 0 Å². The average Bonchev–Trinajstić information content (AvgIpc) is 2.82. The summed E-state index contributed by atoms with van der Waals surface area (Å²) in [6.07, 6.45) is 1.55. The average molecular weight is 311 g/mol. The fraction of sp³-hybridized carbons (Fsp3) is 0.286. The topological polar surface area (TPSA) is 50.2 Å². The maximum Gasteiger partial charge on any atom is 0.347 e. The van der Waals surface area contributed by atoms with Crippen LogP contribution in [0, 0.1) is 5.82 Å². The Bertz CT molecular complexity index is 596. The molecule has 0 aliphatic carbocycles. The van der Waals surface area contributed by atoms with Crippen molar-refractivity contribution in [2.75, 3.05) is 0 Å². The molecule has 2 aromatic rings. The van der Waals surface area contributed by atoms with Gasteiger partial charge < -0.3 is 5.11 Å². The van der Waals surface area contributed by atoms with Crippen LogP contribution in [0.1, 0.15) is 33.7 Å². The molecule has 3 nitrogen and oxygen atoms in total. The summed E-state index contributed by atoms with van der Waals surface area (Å²) in [5, 5.41) is 9.94. The molecular weight excluding hydrogens is 297 g/mol. The van der Waals surface area contributed by atoms with E-state index in [9.17, 15) is 9.18 Å². The van der Waals surface area contributed by atoms with Gasteiger partial charge in [-0.15, -0.1) is 23.1 Å². The van der Waals surface area contributed by atoms with Crippen LogP contribution < -0.4 is 0 Å². The number of hydrogen-bond acceptors (Lipinski definition) is 4. The molecule has 20 heavy (non-hydrogen) atoms. The number of aromatic nitrogens is 1. The van der Waals surface area contributed by atoms with Crippen molar-refractivity contribution in [1.82, 2.24) is 4.98 Å². The largest absolute Gasteiger partial charge is 0.477 e. The molecule has 0 fully saturated rings. The van der Waals surface area contributed by atoms with Gasteiger partial charge in [0.15, 0.2) is 0 Å². The number of thioether (sulfide) groups is 1. The van der Waals surface area contributed by atoms with Crippen molar-refractivity contribution < 1.29 is 14.3 Å². The van der Waals surface area contributed by atoms with Crippen molar-refractivity contribution in [3.05, 3.63) is 45.7 Å². The summed E-state index contributed by atoms with van der Waals surface area (Å²) in [7, 11) is 0. The lowest BCUT2D eigenvalue weighted by Gasteiger charge is -1.98. The van der Waals surface area contributed by atoms with Gasteiger partial charge in [-0.05, 0) is 30.7 Å². The van der Waals surface area contributed by atoms with E-state index in [1.807, 2.05) is 6.92 Å². The lowest BCUT2D eigenvalue weighted by Crippen LogP contribution is -1.98. The van der Waals surface area contributed by atoms with Gasteiger partial charge in [-0.1, -0.05) is 13.3 Å². The number of thiazole rings is 1. The Morgan fingerprint density at radius 2 is 2.10 bits per heavy atom. The lowest BCUT2D eigenvalue weighted by molar-refractivity contribution is 0.0700. The molecular formula is C14H14FNO2S2. The summed E-state index contributed by atoms with van der Waals surface area (Å²) < 4.78 is 12.8. The van der Waals surface area contributed by atoms with Crippen LogP contribution in [0.15, 0.2) is 29.2 Å². The van der Waals surface area contributed by atoms with Crippen LogP contribution in [0.25, 0.3) is 0 Å². The van der Waals surface area contributed by atoms with Crippen LogP contribution in [-0.4, -0.2) is 16.1 Å². The molecule has 0 aliphatic heterocycles. The molecule has 0 atom stereocenters. The van der Waals surface area contributed by atoms with Gasteiger partial charge in [-0.3, -0.25) is 0 Å². The molecule has 0 bridgehead atoms. The molecule has 0 unspecified atom stereocenters. The van der Waals surface area contributed by atoms with Crippen molar-refractivity contribution in [2.45, 2.75) is 30.4 Å². The van der Waals surface area contributed by atoms with E-state index in [0.29, 0.717) is 22.7 Å². The molecule has 0 aliphatic rings. The molecule has 1 aromatic heterocycles. The first kappa shape index (κ1) is 15.0. The Labute approximate surface area is 124 Å². The van der Waals surface area contributed by atoms with Gasteiger partial charge >= 0.3 is 5.97 Å². The van der Waals surface area contributed by atoms with Crippen LogP contribution in [0.3, 0.4) is 0 Å². The first-order valence-corrected chi connectivity index (χ1v) is 8.00. The number of benzene rings is 1. The zero-order valence-electron chi connectivity index (χ0n) is 10.9. The van der Waals surface area contributed by atoms with E-state index >= 15 is 0 Å². The molecule has 106 valence electrons. The van der Waals surface area contributed by atoms with Crippen molar-refractivity contribution >= 4 is 29.1 Å². The van der Waals surface area contributed by atoms with Crippen LogP contribution >= 0.6 is 23.1 Å². The van der Waals surface area contributed by atoms with E-state index in [1.165, 1.54) is 35.2 Å². The first-order chi connectivity index (χ1) is 9.60. The Balaban J connectivity index is 2.07. The smallest absolute Gasteiger partial charge is 0.347 e. The molecule has 0 amide bonds. The van der Waals surface area contributed by atoms with Gasteiger partial charge in [-0.2, -0.15) is 0 Å². The number of aromatic carboxylic acids is 1. The monoisotopic (exact) mass is 311 g/mol. The summed E-state index contributed by atoms with van der Waals surface area (Å²) >= 11 is 2.75. The van der Waals surface area contributed by atoms with Crippen LogP contribution in [0.2, 0.25) is 0 Å². The molecule has 2 rings (SSSR count). The fourth-order valence-electron chi connectivity index (χ4n) is 1.71. The van der Waals surface area contributed by atoms with Crippen LogP contribution in [-0.2, 0) is 12.2 Å². The highest BCUT2D eigenvalue weighted by atomic mass is 32.2. The number of hydrogen-bond donors (Lipinski definition) is 1. The summed E-state index contributed by atoms with van der Waals surface area (Å²) in [6, 6.07) is 6.24. The third-order valence-corrected chi connectivity index (χ3v) is 4.89. The number of halogens is 1. The van der Waals surface area contributed by atoms with E-state index in [0.717, 1.165) is 16.3 Å². The Morgan fingerprint density at radius 1 is 1.40 bits per heavy atom. The molecule has 0 radical (unpaired) electrons. The molecule has 1 N–H and O–H groups in total. The number of carboxylic acid groups (broad SMARTS) is 1. The number of nitrogens with zero attached hydrogens (tertiary/aromatic N) is 1. The maximum atomic E-state index is 12.8. The SMILES string of the molecule is CCCc1nc(CSc2ccc(F)cc2)sc1C(=O)O. The second kappa shape index (κ2) is 6.85. The highest BCUT2D eigenvalue weighted by Crippen LogP contribution is 2.27. The molecule has 1 aromatic carbocycles. The van der Waals surface area contributed by atoms with E-state index in [-0.39, 0.29) is 5.82 Å². The standard InChI is InChI=1S/C14H14FNO2S2/c1-2-3-11-13(14(17)18)20-12(16-11)8-19-10-6-4-9(15)5-7-10/h4-7H,2-3,8H2,1H3,(H,17,18). The van der Waals surface area contributed by atoms with Crippen molar-refractivity contribution in [1.29, 1.82) is 0 Å². The van der Waals surface area contributed by atoms with Crippen molar-refractivity contribution in [2.24, 2.45) is 0 Å². The Morgan fingerprint density at radius 3 is 2.70 bits per heavy atom. The highest BCUT2D eigenvalue weighted by molar-refractivity contribution is 7.98. The lowest BCUT2D eigenvalue weighted by atomic mass is 10.2. The predicted molar refractivity (Wildman–Crippen MR) is 79.0 cm³/mol. The summed E-state index contributed by atoms with van der Waals surface area (Å²) in [4.78, 5) is 16.8. The minimum Gasteiger partial charge on any atom is -0.477 e. The molecule has 0 saturated heterocycles. The number of carboxylic acids is 1. The maximum absolute atomic E-state index is 12.8.